The number of piperazine rings is 1. The first-order valence-corrected chi connectivity index (χ1v) is 9.46. The van der Waals surface area contributed by atoms with Crippen LogP contribution in [0.15, 0.2) is 47.3 Å². The molecule has 0 amide bonds. The van der Waals surface area contributed by atoms with E-state index < -0.39 is 0 Å². The highest BCUT2D eigenvalue weighted by molar-refractivity contribution is 5.76. The van der Waals surface area contributed by atoms with E-state index in [4.69, 9.17) is 4.74 Å². The fraction of sp³-hybridized carbons (Fsp3) is 0.350. The third-order valence-corrected chi connectivity index (χ3v) is 5.34. The molecule has 1 fully saturated rings. The molecule has 0 aliphatic carbocycles. The Morgan fingerprint density at radius 1 is 1.11 bits per heavy atom. The summed E-state index contributed by atoms with van der Waals surface area (Å²) in [6.07, 6.45) is 0. The van der Waals surface area contributed by atoms with E-state index in [0.717, 1.165) is 38.3 Å². The number of nitrogens with one attached hydrogen (secondary N) is 2. The van der Waals surface area contributed by atoms with Gasteiger partial charge in [-0.1, -0.05) is 17.3 Å². The Balaban J connectivity index is 1.36. The van der Waals surface area contributed by atoms with Gasteiger partial charge in [0.1, 0.15) is 38.2 Å². The molecule has 0 bridgehead atoms. The summed E-state index contributed by atoms with van der Waals surface area (Å²) in [7, 11) is 1.47. The zero-order valence-electron chi connectivity index (χ0n) is 15.8. The van der Waals surface area contributed by atoms with Crippen molar-refractivity contribution in [3.63, 3.8) is 0 Å². The van der Waals surface area contributed by atoms with E-state index >= 15 is 0 Å². The number of methoxy groups -OCH3 is 1. The molecule has 4 rings (SSSR count). The van der Waals surface area contributed by atoms with Crippen LogP contribution in [-0.4, -0.2) is 48.3 Å². The van der Waals surface area contributed by atoms with Gasteiger partial charge < -0.3 is 14.5 Å². The van der Waals surface area contributed by atoms with Gasteiger partial charge in [0.2, 0.25) is 0 Å². The van der Waals surface area contributed by atoms with Crippen LogP contribution >= 0.6 is 0 Å². The summed E-state index contributed by atoms with van der Waals surface area (Å²) in [6, 6.07) is 12.4. The first-order chi connectivity index (χ1) is 13.6. The zero-order valence-corrected chi connectivity index (χ0v) is 15.8. The maximum Gasteiger partial charge on any atom is 0.282 e. The van der Waals surface area contributed by atoms with E-state index in [2.05, 4.69) is 10.3 Å². The molecule has 1 aliphatic rings. The zero-order chi connectivity index (χ0) is 19.5. The van der Waals surface area contributed by atoms with E-state index in [1.165, 1.54) is 21.6 Å². The SMILES string of the molecule is COc1ccc(C[NH+]2CC[NH+](Cn3nnc4ccccc4c3=O)CC2)cc1F. The van der Waals surface area contributed by atoms with Crippen molar-refractivity contribution in [2.24, 2.45) is 0 Å². The highest BCUT2D eigenvalue weighted by atomic mass is 19.1. The topological polar surface area (TPSA) is 65.9 Å². The molecule has 2 N–H and O–H groups in total. The number of aromatic nitrogens is 3. The molecule has 0 radical (unpaired) electrons. The van der Waals surface area contributed by atoms with Crippen LogP contribution in [0.3, 0.4) is 0 Å². The summed E-state index contributed by atoms with van der Waals surface area (Å²) < 4.78 is 20.3. The highest BCUT2D eigenvalue weighted by Gasteiger charge is 2.24. The largest absolute Gasteiger partial charge is 0.494 e. The fourth-order valence-corrected chi connectivity index (χ4v) is 3.74. The van der Waals surface area contributed by atoms with Crippen LogP contribution in [0.2, 0.25) is 0 Å². The van der Waals surface area contributed by atoms with Crippen LogP contribution in [-0.2, 0) is 13.2 Å². The average molecular weight is 385 g/mol. The fourth-order valence-electron chi connectivity index (χ4n) is 3.74. The molecule has 2 heterocycles. The maximum atomic E-state index is 13.9. The van der Waals surface area contributed by atoms with Crippen LogP contribution in [0.4, 0.5) is 4.39 Å². The van der Waals surface area contributed by atoms with Gasteiger partial charge in [-0.05, 0) is 30.3 Å². The smallest absolute Gasteiger partial charge is 0.282 e. The molecule has 1 saturated heterocycles. The number of fused-ring (bicyclic) bond motifs is 1. The predicted octanol–water partition coefficient (Wildman–Crippen LogP) is -1.12. The van der Waals surface area contributed by atoms with Gasteiger partial charge in [0, 0.05) is 5.56 Å². The van der Waals surface area contributed by atoms with E-state index in [-0.39, 0.29) is 17.1 Å². The summed E-state index contributed by atoms with van der Waals surface area (Å²) >= 11 is 0. The van der Waals surface area contributed by atoms with Gasteiger partial charge in [-0.25, -0.2) is 4.39 Å². The molecule has 28 heavy (non-hydrogen) atoms. The van der Waals surface area contributed by atoms with Crippen molar-refractivity contribution in [1.29, 1.82) is 0 Å². The molecular weight excluding hydrogens is 361 g/mol. The number of halogens is 1. The number of hydrogen-bond donors (Lipinski definition) is 2. The van der Waals surface area contributed by atoms with Gasteiger partial charge in [0.25, 0.3) is 5.56 Å². The van der Waals surface area contributed by atoms with Crippen LogP contribution < -0.4 is 20.1 Å². The molecule has 3 aromatic rings. The number of benzene rings is 2. The second-order valence-corrected chi connectivity index (χ2v) is 7.22. The first kappa shape index (κ1) is 18.5. The van der Waals surface area contributed by atoms with Crippen LogP contribution in [0.25, 0.3) is 10.9 Å². The third-order valence-electron chi connectivity index (χ3n) is 5.34. The minimum absolute atomic E-state index is 0.0958. The number of rotatable bonds is 5. The molecule has 1 aliphatic heterocycles. The lowest BCUT2D eigenvalue weighted by Crippen LogP contribution is -3.27. The van der Waals surface area contributed by atoms with Gasteiger partial charge in [0.15, 0.2) is 18.2 Å². The van der Waals surface area contributed by atoms with Crippen molar-refractivity contribution in [2.75, 3.05) is 33.3 Å². The third kappa shape index (κ3) is 3.88. The number of hydrogen-bond acceptors (Lipinski definition) is 4. The molecule has 7 nitrogen and oxygen atoms in total. The van der Waals surface area contributed by atoms with Crippen molar-refractivity contribution >= 4 is 10.9 Å². The normalized spacial score (nSPS) is 19.6. The number of nitrogens with zero attached hydrogens (tertiary/aromatic N) is 3. The average Bonchev–Trinajstić information content (AvgIpc) is 2.72. The monoisotopic (exact) mass is 385 g/mol. The quantitative estimate of drug-likeness (QED) is 0.584. The number of ether oxygens (including phenoxy) is 1. The Labute approximate surface area is 161 Å². The number of quaternary nitrogens is 2. The molecule has 8 heteroatoms. The van der Waals surface area contributed by atoms with E-state index in [1.807, 2.05) is 18.2 Å². The Morgan fingerprint density at radius 2 is 1.86 bits per heavy atom. The molecule has 0 unspecified atom stereocenters. The minimum Gasteiger partial charge on any atom is -0.494 e. The summed E-state index contributed by atoms with van der Waals surface area (Å²) in [6.45, 7) is 5.06. The van der Waals surface area contributed by atoms with Crippen molar-refractivity contribution < 1.29 is 18.9 Å². The Kier molecular flexibility index (Phi) is 5.31. The van der Waals surface area contributed by atoms with Crippen molar-refractivity contribution in [3.05, 3.63) is 64.2 Å². The molecule has 0 atom stereocenters. The Bertz CT molecular complexity index is 1030. The van der Waals surface area contributed by atoms with Crippen LogP contribution in [0.1, 0.15) is 5.56 Å². The van der Waals surface area contributed by atoms with E-state index in [9.17, 15) is 9.18 Å². The van der Waals surface area contributed by atoms with Gasteiger partial charge >= 0.3 is 0 Å². The summed E-state index contributed by atoms with van der Waals surface area (Å²) in [4.78, 5) is 15.3. The summed E-state index contributed by atoms with van der Waals surface area (Å²) in [5.74, 6) is -0.0483. The molecular formula is C20H24FN5O2+2. The maximum absolute atomic E-state index is 13.9. The van der Waals surface area contributed by atoms with Gasteiger partial charge in [-0.2, -0.15) is 4.68 Å². The van der Waals surface area contributed by atoms with Crippen molar-refractivity contribution in [3.8, 4) is 5.75 Å². The summed E-state index contributed by atoms with van der Waals surface area (Å²) in [5, 5.41) is 8.84. The molecule has 1 aromatic heterocycles. The second-order valence-electron chi connectivity index (χ2n) is 7.22. The lowest BCUT2D eigenvalue weighted by Gasteiger charge is -2.29. The van der Waals surface area contributed by atoms with Crippen LogP contribution in [0, 0.1) is 5.82 Å². The lowest BCUT2D eigenvalue weighted by atomic mass is 10.2. The lowest BCUT2D eigenvalue weighted by molar-refractivity contribution is -1.03. The van der Waals surface area contributed by atoms with Crippen molar-refractivity contribution in [2.45, 2.75) is 13.2 Å². The van der Waals surface area contributed by atoms with Gasteiger partial charge in [-0.15, -0.1) is 5.10 Å². The predicted molar refractivity (Wildman–Crippen MR) is 102 cm³/mol. The van der Waals surface area contributed by atoms with Crippen molar-refractivity contribution in [1.82, 2.24) is 15.0 Å². The van der Waals surface area contributed by atoms with Gasteiger partial charge in [0.05, 0.1) is 12.5 Å². The second kappa shape index (κ2) is 8.04. The highest BCUT2D eigenvalue weighted by Crippen LogP contribution is 2.17. The van der Waals surface area contributed by atoms with Gasteiger partial charge in [-0.3, -0.25) is 4.79 Å². The molecule has 0 saturated carbocycles. The molecule has 146 valence electrons. The summed E-state index contributed by atoms with van der Waals surface area (Å²) in [5.41, 5.74) is 1.50. The standard InChI is InChI=1S/C20H22FN5O2/c1-28-19-7-6-15(12-17(19)21)13-24-8-10-25(11-9-24)14-26-20(27)16-4-2-3-5-18(16)22-23-26/h2-7,12H,8-11,13-14H2,1H3/p+2. The minimum atomic E-state index is -0.321. The Morgan fingerprint density at radius 3 is 2.61 bits per heavy atom. The Hall–Kier alpha value is -2.84. The van der Waals surface area contributed by atoms with Crippen LogP contribution in [0.5, 0.6) is 5.75 Å². The molecule has 2 aromatic carbocycles. The van der Waals surface area contributed by atoms with E-state index in [0.29, 0.717) is 17.6 Å². The molecule has 0 spiro atoms. The van der Waals surface area contributed by atoms with E-state index in [1.54, 1.807) is 24.3 Å². The first-order valence-electron chi connectivity index (χ1n) is 9.46.